The highest BCUT2D eigenvalue weighted by atomic mass is 16.3. The lowest BCUT2D eigenvalue weighted by molar-refractivity contribution is -0.119. The summed E-state index contributed by atoms with van der Waals surface area (Å²) in [6.07, 6.45) is 18.5. The second-order valence-electron chi connectivity index (χ2n) is 14.1. The minimum Gasteiger partial charge on any atom is -0.393 e. The van der Waals surface area contributed by atoms with Gasteiger partial charge in [0.2, 0.25) is 5.91 Å². The number of primary amides is 1. The summed E-state index contributed by atoms with van der Waals surface area (Å²) in [5, 5.41) is 10.2. The lowest BCUT2D eigenvalue weighted by Gasteiger charge is -2.58. The number of aliphatic hydroxyl groups is 1. The minimum absolute atomic E-state index is 0.0766. The Bertz CT molecular complexity index is 782. The second-order valence-corrected chi connectivity index (χ2v) is 14.1. The lowest BCUT2D eigenvalue weighted by Crippen LogP contribution is -2.50. The molecule has 9 atom stereocenters. The zero-order valence-electron chi connectivity index (χ0n) is 24.7. The molecule has 0 heterocycles. The van der Waals surface area contributed by atoms with E-state index in [1.54, 1.807) is 5.57 Å². The zero-order valence-corrected chi connectivity index (χ0v) is 24.7. The number of rotatable bonds is 9. The molecule has 214 valence electrons. The van der Waals surface area contributed by atoms with Crippen molar-refractivity contribution in [1.29, 1.82) is 0 Å². The largest absolute Gasteiger partial charge is 0.393 e. The number of carbonyl (C=O) groups is 1. The first-order chi connectivity index (χ1) is 17.4. The lowest BCUT2D eigenvalue weighted by atomic mass is 9.47. The summed E-state index contributed by atoms with van der Waals surface area (Å²) in [5.74, 6) is 5.00. The molecule has 0 saturated heterocycles. The van der Waals surface area contributed by atoms with Gasteiger partial charge in [0, 0.05) is 0 Å². The normalized spacial score (nSPS) is 38.4. The van der Waals surface area contributed by atoms with Crippen LogP contribution in [0.4, 0.5) is 0 Å². The number of allylic oxidation sites excluding steroid dienone is 1. The average Bonchev–Trinajstić information content (AvgIpc) is 3.20. The molecule has 3 fully saturated rings. The molecule has 4 aliphatic carbocycles. The number of carbonyl (C=O) groups excluding carboxylic acids is 1. The number of hydrogen-bond acceptors (Lipinski definition) is 4. The highest BCUT2D eigenvalue weighted by molar-refractivity contribution is 5.79. The van der Waals surface area contributed by atoms with Gasteiger partial charge in [-0.15, -0.1) is 0 Å². The molecule has 37 heavy (non-hydrogen) atoms. The van der Waals surface area contributed by atoms with Crippen molar-refractivity contribution in [1.82, 2.24) is 0 Å². The molecule has 7 N–H and O–H groups in total. The fourth-order valence-electron chi connectivity index (χ4n) is 9.15. The zero-order chi connectivity index (χ0) is 27.4. The number of aliphatic hydroxyl groups excluding tert-OH is 1. The fourth-order valence-corrected chi connectivity index (χ4v) is 9.15. The van der Waals surface area contributed by atoms with Gasteiger partial charge >= 0.3 is 0 Å². The third-order valence-corrected chi connectivity index (χ3v) is 11.4. The van der Waals surface area contributed by atoms with Gasteiger partial charge in [-0.2, -0.15) is 0 Å². The molecule has 5 nitrogen and oxygen atoms in total. The number of amides is 1. The van der Waals surface area contributed by atoms with Crippen LogP contribution in [-0.4, -0.2) is 29.7 Å². The van der Waals surface area contributed by atoms with E-state index in [1.807, 2.05) is 0 Å². The molecule has 0 radical (unpaired) electrons. The Morgan fingerprint density at radius 1 is 1.03 bits per heavy atom. The van der Waals surface area contributed by atoms with Crippen molar-refractivity contribution in [2.24, 2.45) is 63.5 Å². The summed E-state index contributed by atoms with van der Waals surface area (Å²) >= 11 is 0. The maximum Gasteiger partial charge on any atom is 0.234 e. The van der Waals surface area contributed by atoms with E-state index in [9.17, 15) is 9.90 Å². The van der Waals surface area contributed by atoms with E-state index in [4.69, 9.17) is 17.2 Å². The van der Waals surface area contributed by atoms with E-state index in [1.165, 1.54) is 57.8 Å². The Morgan fingerprint density at radius 3 is 2.41 bits per heavy atom. The third kappa shape index (κ3) is 6.81. The summed E-state index contributed by atoms with van der Waals surface area (Å²) < 4.78 is 0. The van der Waals surface area contributed by atoms with Gasteiger partial charge in [0.25, 0.3) is 0 Å². The van der Waals surface area contributed by atoms with Crippen molar-refractivity contribution in [3.63, 3.8) is 0 Å². The summed E-state index contributed by atoms with van der Waals surface area (Å²) in [4.78, 5) is 10.3. The van der Waals surface area contributed by atoms with E-state index in [0.29, 0.717) is 23.8 Å². The number of nitrogens with two attached hydrogens (primary N) is 3. The quantitative estimate of drug-likeness (QED) is 0.284. The molecule has 3 saturated carbocycles. The van der Waals surface area contributed by atoms with Gasteiger partial charge in [-0.3, -0.25) is 4.79 Å². The van der Waals surface area contributed by atoms with Crippen molar-refractivity contribution < 1.29 is 9.90 Å². The van der Waals surface area contributed by atoms with Gasteiger partial charge in [-0.25, -0.2) is 0 Å². The van der Waals surface area contributed by atoms with Crippen LogP contribution in [0.15, 0.2) is 11.6 Å². The molecule has 0 aromatic rings. The standard InChI is InChI=1S/C27H46O.C5H13N3O/c1-18(2)7-6-8-19(3)23-11-12-24-22-10-9-20-17-21(28)13-15-26(20,4)25(22)14-16-27(23,24)5;6-3-1-2-4(7)5(8)9/h9,18-19,21-25,28H,6-8,10-17H2,1-5H3;4H,1-3,6-7H2,(H2,8,9)/t19-,21+,22+,23-,24+,25+,26+,27-;4-/m10/s1. The summed E-state index contributed by atoms with van der Waals surface area (Å²) in [6.45, 7) is 13.1. The maximum absolute atomic E-state index is 10.3. The summed E-state index contributed by atoms with van der Waals surface area (Å²) in [7, 11) is 0. The van der Waals surface area contributed by atoms with Gasteiger partial charge in [-0.1, -0.05) is 65.5 Å². The SMILES string of the molecule is CC(C)CCC[C@@H](C)[C@H]1CC[C@H]2[C@@H]3CC=C4C[C@@H](O)CC[C@]4(C)[C@H]3CC[C@]12C.NCCC[C@H](N)C(N)=O. The third-order valence-electron chi connectivity index (χ3n) is 11.4. The van der Waals surface area contributed by atoms with E-state index in [-0.39, 0.29) is 6.10 Å². The van der Waals surface area contributed by atoms with Crippen LogP contribution >= 0.6 is 0 Å². The first-order valence-corrected chi connectivity index (χ1v) is 15.6. The molecule has 5 heteroatoms. The van der Waals surface area contributed by atoms with Gasteiger partial charge in [0.1, 0.15) is 0 Å². The molecule has 0 spiro atoms. The molecule has 0 aromatic heterocycles. The van der Waals surface area contributed by atoms with Crippen LogP contribution in [0.2, 0.25) is 0 Å². The van der Waals surface area contributed by atoms with E-state index in [2.05, 4.69) is 40.7 Å². The molecule has 4 aliphatic rings. The summed E-state index contributed by atoms with van der Waals surface area (Å²) in [6, 6.07) is -0.520. The van der Waals surface area contributed by atoms with Crippen LogP contribution in [-0.2, 0) is 4.79 Å². The first-order valence-electron chi connectivity index (χ1n) is 15.6. The Hall–Kier alpha value is -0.910. The molecular formula is C32H59N3O2. The predicted octanol–water partition coefficient (Wildman–Crippen LogP) is 5.93. The van der Waals surface area contributed by atoms with Crippen molar-refractivity contribution in [3.8, 4) is 0 Å². The van der Waals surface area contributed by atoms with Crippen LogP contribution in [0.3, 0.4) is 0 Å². The Labute approximate surface area is 227 Å². The van der Waals surface area contributed by atoms with Crippen LogP contribution in [0, 0.1) is 46.3 Å². The maximum atomic E-state index is 10.3. The van der Waals surface area contributed by atoms with Gasteiger partial charge in [-0.05, 0) is 117 Å². The van der Waals surface area contributed by atoms with Crippen LogP contribution in [0.5, 0.6) is 0 Å². The average molecular weight is 518 g/mol. The van der Waals surface area contributed by atoms with Crippen LogP contribution in [0.1, 0.15) is 118 Å². The highest BCUT2D eigenvalue weighted by Crippen LogP contribution is 2.67. The van der Waals surface area contributed by atoms with Crippen molar-refractivity contribution >= 4 is 5.91 Å². The van der Waals surface area contributed by atoms with Gasteiger partial charge < -0.3 is 22.3 Å². The smallest absolute Gasteiger partial charge is 0.234 e. The molecule has 0 aromatic carbocycles. The number of fused-ring (bicyclic) bond motifs is 5. The number of hydrogen-bond donors (Lipinski definition) is 4. The molecule has 1 amide bonds. The fraction of sp³-hybridized carbons (Fsp3) is 0.906. The van der Waals surface area contributed by atoms with Crippen LogP contribution < -0.4 is 17.2 Å². The molecule has 0 unspecified atom stereocenters. The monoisotopic (exact) mass is 517 g/mol. The Morgan fingerprint density at radius 2 is 1.76 bits per heavy atom. The van der Waals surface area contributed by atoms with Crippen LogP contribution in [0.25, 0.3) is 0 Å². The van der Waals surface area contributed by atoms with Crippen molar-refractivity contribution in [2.45, 2.75) is 130 Å². The highest BCUT2D eigenvalue weighted by Gasteiger charge is 2.59. The molecule has 4 rings (SSSR count). The second kappa shape index (κ2) is 13.0. The predicted molar refractivity (Wildman–Crippen MR) is 155 cm³/mol. The van der Waals surface area contributed by atoms with Gasteiger partial charge in [0.15, 0.2) is 0 Å². The van der Waals surface area contributed by atoms with Crippen molar-refractivity contribution in [2.75, 3.05) is 6.54 Å². The molecule has 0 aliphatic heterocycles. The molecule has 0 bridgehead atoms. The Kier molecular flexibility index (Phi) is 10.7. The first kappa shape index (κ1) is 30.6. The minimum atomic E-state index is -0.520. The van der Waals surface area contributed by atoms with E-state index >= 15 is 0 Å². The van der Waals surface area contributed by atoms with Gasteiger partial charge in [0.05, 0.1) is 12.1 Å². The summed E-state index contributed by atoms with van der Waals surface area (Å²) in [5.41, 5.74) is 17.9. The Balaban J connectivity index is 0.000000364. The molecular weight excluding hydrogens is 458 g/mol. The van der Waals surface area contributed by atoms with Crippen molar-refractivity contribution in [3.05, 3.63) is 11.6 Å². The topological polar surface area (TPSA) is 115 Å². The van der Waals surface area contributed by atoms with E-state index in [0.717, 1.165) is 54.8 Å². The van der Waals surface area contributed by atoms with E-state index < -0.39 is 11.9 Å².